The molecule has 0 fully saturated rings. The Morgan fingerprint density at radius 3 is 3.00 bits per heavy atom. The van der Waals surface area contributed by atoms with Gasteiger partial charge in [0.2, 0.25) is 0 Å². The lowest BCUT2D eigenvalue weighted by Crippen LogP contribution is -2.31. The third-order valence-electron chi connectivity index (χ3n) is 3.81. The second kappa shape index (κ2) is 5.45. The summed E-state index contributed by atoms with van der Waals surface area (Å²) in [4.78, 5) is 16.4. The molecule has 102 valence electrons. The number of hydrogen-bond donors (Lipinski definition) is 1. The second-order valence-corrected chi connectivity index (χ2v) is 5.37. The van der Waals surface area contributed by atoms with Crippen LogP contribution in [0.2, 0.25) is 0 Å². The van der Waals surface area contributed by atoms with Crippen molar-refractivity contribution in [2.75, 3.05) is 0 Å². The molecule has 1 aromatic carbocycles. The Labute approximate surface area is 119 Å². The minimum absolute atomic E-state index is 0.0390. The topological polar surface area (TPSA) is 42.0 Å². The number of aryl methyl sites for hydroxylation is 2. The molecule has 20 heavy (non-hydrogen) atoms. The van der Waals surface area contributed by atoms with Gasteiger partial charge in [-0.1, -0.05) is 24.3 Å². The van der Waals surface area contributed by atoms with Crippen molar-refractivity contribution >= 4 is 5.91 Å². The highest BCUT2D eigenvalue weighted by Crippen LogP contribution is 2.29. The highest BCUT2D eigenvalue weighted by atomic mass is 16.1. The van der Waals surface area contributed by atoms with Crippen LogP contribution >= 0.6 is 0 Å². The Kier molecular flexibility index (Phi) is 3.50. The number of aromatic nitrogens is 1. The average molecular weight is 266 g/mol. The van der Waals surface area contributed by atoms with Crippen LogP contribution in [0.4, 0.5) is 0 Å². The van der Waals surface area contributed by atoms with E-state index in [2.05, 4.69) is 28.5 Å². The van der Waals surface area contributed by atoms with Crippen LogP contribution in [-0.4, -0.2) is 10.9 Å². The van der Waals surface area contributed by atoms with E-state index in [0.717, 1.165) is 24.8 Å². The summed E-state index contributed by atoms with van der Waals surface area (Å²) in [6.07, 6.45) is 6.61. The van der Waals surface area contributed by atoms with Crippen LogP contribution in [0.25, 0.3) is 0 Å². The predicted molar refractivity (Wildman–Crippen MR) is 78.6 cm³/mol. The van der Waals surface area contributed by atoms with E-state index in [1.807, 2.05) is 19.1 Å². The fourth-order valence-corrected chi connectivity index (χ4v) is 2.82. The van der Waals surface area contributed by atoms with E-state index in [1.54, 1.807) is 12.4 Å². The third-order valence-corrected chi connectivity index (χ3v) is 3.81. The molecule has 0 unspecified atom stereocenters. The Hall–Kier alpha value is -2.16. The van der Waals surface area contributed by atoms with Gasteiger partial charge in [0.1, 0.15) is 0 Å². The van der Waals surface area contributed by atoms with Gasteiger partial charge in [0.15, 0.2) is 0 Å². The molecule has 1 heterocycles. The van der Waals surface area contributed by atoms with Crippen LogP contribution in [0.5, 0.6) is 0 Å². The SMILES string of the molecule is Cc1cncc(C(=O)N[C@@H]2CCCc3ccccc32)c1. The molecule has 2 aromatic rings. The lowest BCUT2D eigenvalue weighted by atomic mass is 9.87. The number of nitrogens with zero attached hydrogens (tertiary/aromatic N) is 1. The maximum absolute atomic E-state index is 12.3. The van der Waals surface area contributed by atoms with Gasteiger partial charge in [0.25, 0.3) is 5.91 Å². The first-order valence-electron chi connectivity index (χ1n) is 7.04. The van der Waals surface area contributed by atoms with Crippen LogP contribution in [0.3, 0.4) is 0 Å². The van der Waals surface area contributed by atoms with E-state index in [0.29, 0.717) is 5.56 Å². The molecule has 1 aromatic heterocycles. The molecule has 1 amide bonds. The third kappa shape index (κ3) is 2.57. The number of hydrogen-bond acceptors (Lipinski definition) is 2. The Morgan fingerprint density at radius 2 is 2.15 bits per heavy atom. The molecule has 0 saturated carbocycles. The molecular weight excluding hydrogens is 248 g/mol. The van der Waals surface area contributed by atoms with Crippen molar-refractivity contribution in [3.05, 3.63) is 65.0 Å². The van der Waals surface area contributed by atoms with E-state index in [9.17, 15) is 4.79 Å². The molecule has 1 aliphatic carbocycles. The summed E-state index contributed by atoms with van der Waals surface area (Å²) in [6, 6.07) is 10.4. The maximum atomic E-state index is 12.3. The zero-order chi connectivity index (χ0) is 13.9. The highest BCUT2D eigenvalue weighted by Gasteiger charge is 2.21. The summed E-state index contributed by atoms with van der Waals surface area (Å²) in [5.41, 5.74) is 4.24. The molecule has 3 nitrogen and oxygen atoms in total. The molecule has 0 radical (unpaired) electrons. The zero-order valence-electron chi connectivity index (χ0n) is 11.6. The van der Waals surface area contributed by atoms with Crippen molar-refractivity contribution < 1.29 is 4.79 Å². The fraction of sp³-hybridized carbons (Fsp3) is 0.294. The normalized spacial score (nSPS) is 17.4. The summed E-state index contributed by atoms with van der Waals surface area (Å²) in [7, 11) is 0. The van der Waals surface area contributed by atoms with E-state index in [4.69, 9.17) is 0 Å². The number of pyridine rings is 1. The molecule has 1 N–H and O–H groups in total. The standard InChI is InChI=1S/C17H18N2O/c1-12-9-14(11-18-10-12)17(20)19-16-8-4-6-13-5-2-3-7-15(13)16/h2-3,5,7,9-11,16H,4,6,8H2,1H3,(H,19,20)/t16-/m1/s1. The van der Waals surface area contributed by atoms with Gasteiger partial charge < -0.3 is 5.32 Å². The van der Waals surface area contributed by atoms with Crippen molar-refractivity contribution in [2.24, 2.45) is 0 Å². The van der Waals surface area contributed by atoms with Crippen LogP contribution < -0.4 is 5.32 Å². The molecule has 0 saturated heterocycles. The number of benzene rings is 1. The summed E-state index contributed by atoms with van der Waals surface area (Å²) < 4.78 is 0. The molecule has 1 aliphatic rings. The summed E-state index contributed by atoms with van der Waals surface area (Å²) in [6.45, 7) is 1.94. The molecule has 0 spiro atoms. The van der Waals surface area contributed by atoms with Crippen molar-refractivity contribution in [3.63, 3.8) is 0 Å². The van der Waals surface area contributed by atoms with E-state index < -0.39 is 0 Å². The molecule has 3 heteroatoms. The largest absolute Gasteiger partial charge is 0.345 e. The number of nitrogens with one attached hydrogen (secondary N) is 1. The predicted octanol–water partition coefficient (Wildman–Crippen LogP) is 3.20. The average Bonchev–Trinajstić information content (AvgIpc) is 2.47. The van der Waals surface area contributed by atoms with Crippen LogP contribution in [-0.2, 0) is 6.42 Å². The van der Waals surface area contributed by atoms with Crippen LogP contribution in [0.15, 0.2) is 42.7 Å². The van der Waals surface area contributed by atoms with Gasteiger partial charge in [-0.2, -0.15) is 0 Å². The van der Waals surface area contributed by atoms with Gasteiger partial charge in [-0.05, 0) is 48.9 Å². The van der Waals surface area contributed by atoms with Crippen molar-refractivity contribution in [3.8, 4) is 0 Å². The van der Waals surface area contributed by atoms with Gasteiger partial charge in [0.05, 0.1) is 11.6 Å². The number of carbonyl (C=O) groups excluding carboxylic acids is 1. The quantitative estimate of drug-likeness (QED) is 0.907. The Balaban J connectivity index is 1.81. The van der Waals surface area contributed by atoms with Gasteiger partial charge >= 0.3 is 0 Å². The highest BCUT2D eigenvalue weighted by molar-refractivity contribution is 5.94. The minimum atomic E-state index is -0.0390. The van der Waals surface area contributed by atoms with Gasteiger partial charge in [-0.3, -0.25) is 9.78 Å². The fourth-order valence-electron chi connectivity index (χ4n) is 2.82. The van der Waals surface area contributed by atoms with Gasteiger partial charge in [0, 0.05) is 12.4 Å². The van der Waals surface area contributed by atoms with E-state index in [-0.39, 0.29) is 11.9 Å². The van der Waals surface area contributed by atoms with Crippen molar-refractivity contribution in [2.45, 2.75) is 32.2 Å². The molecule has 3 rings (SSSR count). The van der Waals surface area contributed by atoms with E-state index >= 15 is 0 Å². The first-order valence-corrected chi connectivity index (χ1v) is 7.04. The van der Waals surface area contributed by atoms with Crippen LogP contribution in [0, 0.1) is 6.92 Å². The van der Waals surface area contributed by atoms with Gasteiger partial charge in [-0.25, -0.2) is 0 Å². The Morgan fingerprint density at radius 1 is 1.30 bits per heavy atom. The van der Waals surface area contributed by atoms with Crippen molar-refractivity contribution in [1.29, 1.82) is 0 Å². The number of fused-ring (bicyclic) bond motifs is 1. The second-order valence-electron chi connectivity index (χ2n) is 5.37. The number of carbonyl (C=O) groups is 1. The lowest BCUT2D eigenvalue weighted by Gasteiger charge is -2.26. The summed E-state index contributed by atoms with van der Waals surface area (Å²) >= 11 is 0. The molecule has 0 aliphatic heterocycles. The zero-order valence-corrected chi connectivity index (χ0v) is 11.6. The number of rotatable bonds is 2. The summed E-state index contributed by atoms with van der Waals surface area (Å²) in [5, 5.41) is 3.14. The number of amides is 1. The smallest absolute Gasteiger partial charge is 0.253 e. The lowest BCUT2D eigenvalue weighted by molar-refractivity contribution is 0.0932. The van der Waals surface area contributed by atoms with E-state index in [1.165, 1.54) is 11.1 Å². The van der Waals surface area contributed by atoms with Crippen LogP contribution in [0.1, 0.15) is 45.9 Å². The van der Waals surface area contributed by atoms with Crippen molar-refractivity contribution in [1.82, 2.24) is 10.3 Å². The first-order chi connectivity index (χ1) is 9.74. The van der Waals surface area contributed by atoms with Gasteiger partial charge in [-0.15, -0.1) is 0 Å². The molecular formula is C17H18N2O. The summed E-state index contributed by atoms with van der Waals surface area (Å²) in [5.74, 6) is -0.0390. The Bertz CT molecular complexity index is 636. The first kappa shape index (κ1) is 12.9. The molecule has 0 bridgehead atoms. The molecule has 1 atom stereocenters. The minimum Gasteiger partial charge on any atom is -0.345 e. The maximum Gasteiger partial charge on any atom is 0.253 e. The monoisotopic (exact) mass is 266 g/mol.